The molecule has 0 saturated heterocycles. The van der Waals surface area contributed by atoms with Crippen LogP contribution in [-0.2, 0) is 12.1 Å². The number of fused-ring (bicyclic) bond motifs is 1. The van der Waals surface area contributed by atoms with Crippen molar-refractivity contribution in [3.05, 3.63) is 107 Å². The Hall–Kier alpha value is -2.95. The van der Waals surface area contributed by atoms with E-state index in [2.05, 4.69) is 0 Å². The van der Waals surface area contributed by atoms with Gasteiger partial charge in [0, 0.05) is 17.5 Å². The normalized spacial score (nSPS) is 19.5. The first-order valence-corrected chi connectivity index (χ1v) is 9.50. The predicted molar refractivity (Wildman–Crippen MR) is 108 cm³/mol. The zero-order chi connectivity index (χ0) is 19.6. The van der Waals surface area contributed by atoms with Gasteiger partial charge in [0.2, 0.25) is 0 Å². The third kappa shape index (κ3) is 3.11. The second-order valence-electron chi connectivity index (χ2n) is 7.13. The lowest BCUT2D eigenvalue weighted by molar-refractivity contribution is -0.116. The second kappa shape index (κ2) is 7.58. The van der Waals surface area contributed by atoms with Crippen molar-refractivity contribution in [2.75, 3.05) is 6.61 Å². The lowest BCUT2D eigenvalue weighted by Crippen LogP contribution is -2.47. The lowest BCUT2D eigenvalue weighted by Gasteiger charge is -2.39. The molecule has 3 aromatic carbocycles. The quantitative estimate of drug-likeness (QED) is 0.693. The maximum atomic E-state index is 13.3. The highest BCUT2D eigenvalue weighted by atomic mass is 16.3. The molecule has 0 radical (unpaired) electrons. The fourth-order valence-electron chi connectivity index (χ4n) is 4.08. The minimum absolute atomic E-state index is 0.255. The van der Waals surface area contributed by atoms with Crippen LogP contribution in [0.5, 0.6) is 0 Å². The average Bonchev–Trinajstić information content (AvgIpc) is 2.97. The molecule has 0 aromatic heterocycles. The molecule has 3 aromatic rings. The summed E-state index contributed by atoms with van der Waals surface area (Å²) < 4.78 is 0. The molecular weight excluding hydrogens is 350 g/mol. The van der Waals surface area contributed by atoms with E-state index in [1.165, 1.54) is 4.90 Å². The van der Waals surface area contributed by atoms with Crippen LogP contribution in [0, 0.1) is 0 Å². The maximum absolute atomic E-state index is 13.3. The van der Waals surface area contributed by atoms with Gasteiger partial charge in [-0.25, -0.2) is 0 Å². The molecule has 4 heteroatoms. The first-order valence-electron chi connectivity index (χ1n) is 9.50. The van der Waals surface area contributed by atoms with E-state index in [0.29, 0.717) is 24.0 Å². The number of hydrogen-bond acceptors (Lipinski definition) is 3. The van der Waals surface area contributed by atoms with Crippen molar-refractivity contribution in [2.24, 2.45) is 0 Å². The Morgan fingerprint density at radius 1 is 0.857 bits per heavy atom. The number of aliphatic hydroxyl groups excluding tert-OH is 1. The highest BCUT2D eigenvalue weighted by molar-refractivity contribution is 6.00. The van der Waals surface area contributed by atoms with Crippen LogP contribution in [0.2, 0.25) is 0 Å². The van der Waals surface area contributed by atoms with Crippen LogP contribution in [-0.4, -0.2) is 27.6 Å². The van der Waals surface area contributed by atoms with Gasteiger partial charge in [-0.2, -0.15) is 0 Å². The minimum atomic E-state index is -1.48. The SMILES string of the molecule is O=C1c2ccccc2[C@](O)(CCc2ccccc2)N1[C@@H](CO)c1ccccc1. The van der Waals surface area contributed by atoms with Gasteiger partial charge in [-0.15, -0.1) is 0 Å². The van der Waals surface area contributed by atoms with Crippen molar-refractivity contribution < 1.29 is 15.0 Å². The fraction of sp³-hybridized carbons (Fsp3) is 0.208. The van der Waals surface area contributed by atoms with Gasteiger partial charge in [0.1, 0.15) is 0 Å². The summed E-state index contributed by atoms with van der Waals surface area (Å²) in [6, 6.07) is 25.8. The molecule has 0 aliphatic carbocycles. The number of carbonyl (C=O) groups is 1. The topological polar surface area (TPSA) is 60.8 Å². The average molecular weight is 373 g/mol. The Bertz CT molecular complexity index is 958. The van der Waals surface area contributed by atoms with Gasteiger partial charge < -0.3 is 10.2 Å². The van der Waals surface area contributed by atoms with E-state index in [9.17, 15) is 15.0 Å². The zero-order valence-electron chi connectivity index (χ0n) is 15.5. The molecule has 0 unspecified atom stereocenters. The molecule has 1 heterocycles. The van der Waals surface area contributed by atoms with E-state index >= 15 is 0 Å². The van der Waals surface area contributed by atoms with E-state index in [4.69, 9.17) is 0 Å². The molecule has 1 aliphatic rings. The Labute approximate surface area is 164 Å². The van der Waals surface area contributed by atoms with Crippen molar-refractivity contribution in [1.29, 1.82) is 0 Å². The molecule has 1 amide bonds. The van der Waals surface area contributed by atoms with Crippen molar-refractivity contribution >= 4 is 5.91 Å². The number of hydrogen-bond donors (Lipinski definition) is 2. The highest BCUT2D eigenvalue weighted by Crippen LogP contribution is 2.45. The van der Waals surface area contributed by atoms with Gasteiger partial charge in [0.25, 0.3) is 5.91 Å². The summed E-state index contributed by atoms with van der Waals surface area (Å²) in [4.78, 5) is 14.7. The molecule has 0 spiro atoms. The van der Waals surface area contributed by atoms with Gasteiger partial charge in [-0.1, -0.05) is 78.9 Å². The fourth-order valence-corrected chi connectivity index (χ4v) is 4.08. The lowest BCUT2D eigenvalue weighted by atomic mass is 9.93. The standard InChI is InChI=1S/C24H23NO3/c26-17-22(19-11-5-2-6-12-19)25-23(27)20-13-7-8-14-21(20)24(25,28)16-15-18-9-3-1-4-10-18/h1-14,22,26,28H,15-17H2/t22-,24+/m0/s1. The van der Waals surface area contributed by atoms with Crippen molar-refractivity contribution in [2.45, 2.75) is 24.6 Å². The van der Waals surface area contributed by atoms with Gasteiger partial charge in [0.15, 0.2) is 5.72 Å². The molecule has 2 atom stereocenters. The monoisotopic (exact) mass is 373 g/mol. The van der Waals surface area contributed by atoms with E-state index in [0.717, 1.165) is 11.1 Å². The van der Waals surface area contributed by atoms with Gasteiger partial charge in [0.05, 0.1) is 12.6 Å². The summed E-state index contributed by atoms with van der Waals surface area (Å²) in [6.07, 6.45) is 0.964. The Kier molecular flexibility index (Phi) is 4.99. The Balaban J connectivity index is 1.76. The maximum Gasteiger partial charge on any atom is 0.257 e. The smallest absolute Gasteiger partial charge is 0.257 e. The number of nitrogens with zero attached hydrogens (tertiary/aromatic N) is 1. The molecular formula is C24H23NO3. The first-order chi connectivity index (χ1) is 13.6. The van der Waals surface area contributed by atoms with E-state index in [1.807, 2.05) is 66.7 Å². The number of rotatable bonds is 6. The molecule has 0 bridgehead atoms. The molecule has 4 nitrogen and oxygen atoms in total. The van der Waals surface area contributed by atoms with Crippen LogP contribution in [0.25, 0.3) is 0 Å². The molecule has 142 valence electrons. The highest BCUT2D eigenvalue weighted by Gasteiger charge is 2.51. The van der Waals surface area contributed by atoms with Crippen LogP contribution >= 0.6 is 0 Å². The van der Waals surface area contributed by atoms with Crippen LogP contribution in [0.15, 0.2) is 84.9 Å². The van der Waals surface area contributed by atoms with Gasteiger partial charge >= 0.3 is 0 Å². The number of aryl methyl sites for hydroxylation is 1. The molecule has 28 heavy (non-hydrogen) atoms. The molecule has 0 fully saturated rings. The molecule has 0 saturated carbocycles. The van der Waals surface area contributed by atoms with Crippen LogP contribution in [0.3, 0.4) is 0 Å². The second-order valence-corrected chi connectivity index (χ2v) is 7.13. The summed E-state index contributed by atoms with van der Waals surface area (Å²) in [5, 5.41) is 21.9. The summed E-state index contributed by atoms with van der Waals surface area (Å²) in [6.45, 7) is -0.266. The largest absolute Gasteiger partial charge is 0.394 e. The van der Waals surface area contributed by atoms with Crippen LogP contribution in [0.1, 0.15) is 39.5 Å². The van der Waals surface area contributed by atoms with Gasteiger partial charge in [-0.3, -0.25) is 9.69 Å². The van der Waals surface area contributed by atoms with Crippen molar-refractivity contribution in [1.82, 2.24) is 4.90 Å². The van der Waals surface area contributed by atoms with Crippen molar-refractivity contribution in [3.8, 4) is 0 Å². The van der Waals surface area contributed by atoms with E-state index in [1.54, 1.807) is 18.2 Å². The summed E-state index contributed by atoms with van der Waals surface area (Å²) in [5.41, 5.74) is 1.50. The summed E-state index contributed by atoms with van der Waals surface area (Å²) in [5.74, 6) is -0.255. The number of benzene rings is 3. The number of aliphatic hydroxyl groups is 2. The van der Waals surface area contributed by atoms with E-state index in [-0.39, 0.29) is 12.5 Å². The van der Waals surface area contributed by atoms with Gasteiger partial charge in [-0.05, 0) is 23.6 Å². The molecule has 2 N–H and O–H groups in total. The van der Waals surface area contributed by atoms with Crippen molar-refractivity contribution in [3.63, 3.8) is 0 Å². The Morgan fingerprint density at radius 2 is 1.46 bits per heavy atom. The molecule has 4 rings (SSSR count). The number of carbonyl (C=O) groups excluding carboxylic acids is 1. The Morgan fingerprint density at radius 3 is 2.14 bits per heavy atom. The zero-order valence-corrected chi connectivity index (χ0v) is 15.5. The summed E-state index contributed by atoms with van der Waals surface area (Å²) >= 11 is 0. The number of amides is 1. The minimum Gasteiger partial charge on any atom is -0.394 e. The molecule has 1 aliphatic heterocycles. The summed E-state index contributed by atoms with van der Waals surface area (Å²) in [7, 11) is 0. The predicted octanol–water partition coefficient (Wildman–Crippen LogP) is 3.65. The third-order valence-electron chi connectivity index (χ3n) is 5.48. The van der Waals surface area contributed by atoms with Crippen LogP contribution < -0.4 is 0 Å². The third-order valence-corrected chi connectivity index (χ3v) is 5.48. The van der Waals surface area contributed by atoms with Crippen LogP contribution in [0.4, 0.5) is 0 Å². The van der Waals surface area contributed by atoms with E-state index < -0.39 is 11.8 Å². The first kappa shape index (κ1) is 18.4.